The molecule has 0 saturated carbocycles. The van der Waals surface area contributed by atoms with Gasteiger partial charge in [0, 0.05) is 63.3 Å². The second-order valence-electron chi connectivity index (χ2n) is 6.99. The third kappa shape index (κ3) is 4.65. The van der Waals surface area contributed by atoms with Gasteiger partial charge in [-0.05, 0) is 36.8 Å². The van der Waals surface area contributed by atoms with Gasteiger partial charge in [0.1, 0.15) is 0 Å². The fraction of sp³-hybridized carbons (Fsp3) is 0.429. The van der Waals surface area contributed by atoms with Crippen LogP contribution in [-0.4, -0.2) is 71.4 Å². The van der Waals surface area contributed by atoms with Crippen molar-refractivity contribution in [1.82, 2.24) is 19.8 Å². The molecule has 2 heterocycles. The Balaban J connectivity index is 1.57. The molecule has 148 valence electrons. The summed E-state index contributed by atoms with van der Waals surface area (Å²) < 4.78 is 0. The van der Waals surface area contributed by atoms with Gasteiger partial charge in [-0.3, -0.25) is 9.59 Å². The number of nitrogens with zero attached hydrogens (tertiary/aromatic N) is 5. The van der Waals surface area contributed by atoms with Gasteiger partial charge in [0.05, 0.1) is 0 Å². The Morgan fingerprint density at radius 1 is 1.00 bits per heavy atom. The number of carbonyl (C=O) groups is 2. The predicted molar refractivity (Wildman–Crippen MR) is 108 cm³/mol. The van der Waals surface area contributed by atoms with Crippen LogP contribution in [0, 0.1) is 0 Å². The number of carbonyl (C=O) groups excluding carboxylic acids is 2. The number of hydrogen-bond donors (Lipinski definition) is 0. The number of piperazine rings is 1. The van der Waals surface area contributed by atoms with Gasteiger partial charge in [0.25, 0.3) is 11.8 Å². The Kier molecular flexibility index (Phi) is 6.57. The van der Waals surface area contributed by atoms with E-state index in [0.29, 0.717) is 43.3 Å². The summed E-state index contributed by atoms with van der Waals surface area (Å²) in [5, 5.41) is 0. The highest BCUT2D eigenvalue weighted by molar-refractivity contribution is 5.97. The Morgan fingerprint density at radius 3 is 2.21 bits per heavy atom. The summed E-state index contributed by atoms with van der Waals surface area (Å²) in [7, 11) is 1.81. The molecule has 2 aromatic rings. The Labute approximate surface area is 166 Å². The zero-order valence-electron chi connectivity index (χ0n) is 16.5. The molecular weight excluding hydrogens is 354 g/mol. The molecule has 1 aliphatic rings. The van der Waals surface area contributed by atoms with Crippen LogP contribution in [0.1, 0.15) is 40.5 Å². The SMILES string of the molecule is CCCCN(C)C(=O)c1ccc(C(=O)N2CCN(c3ncccn3)CC2)cc1. The summed E-state index contributed by atoms with van der Waals surface area (Å²) in [6.07, 6.45) is 5.48. The van der Waals surface area contributed by atoms with Crippen LogP contribution in [0.25, 0.3) is 0 Å². The minimum absolute atomic E-state index is 0.00744. The van der Waals surface area contributed by atoms with Crippen molar-refractivity contribution in [3.8, 4) is 0 Å². The standard InChI is InChI=1S/C21H27N5O2/c1-3-4-12-24(2)19(27)17-6-8-18(9-7-17)20(28)25-13-15-26(16-14-25)21-22-10-5-11-23-21/h5-11H,3-4,12-16H2,1-2H3. The van der Waals surface area contributed by atoms with Gasteiger partial charge in [-0.1, -0.05) is 13.3 Å². The van der Waals surface area contributed by atoms with Crippen molar-refractivity contribution < 1.29 is 9.59 Å². The molecule has 0 N–H and O–H groups in total. The molecule has 2 amide bonds. The molecule has 1 fully saturated rings. The Hall–Kier alpha value is -2.96. The molecule has 0 radical (unpaired) electrons. The van der Waals surface area contributed by atoms with Crippen LogP contribution < -0.4 is 4.90 Å². The fourth-order valence-corrected chi connectivity index (χ4v) is 3.22. The minimum Gasteiger partial charge on any atom is -0.342 e. The van der Waals surface area contributed by atoms with Gasteiger partial charge >= 0.3 is 0 Å². The first kappa shape index (κ1) is 19.8. The van der Waals surface area contributed by atoms with Gasteiger partial charge in [-0.15, -0.1) is 0 Å². The molecule has 0 atom stereocenters. The first-order chi connectivity index (χ1) is 13.6. The smallest absolute Gasteiger partial charge is 0.253 e. The van der Waals surface area contributed by atoms with Crippen LogP contribution >= 0.6 is 0 Å². The molecule has 0 unspecified atom stereocenters. The molecule has 1 saturated heterocycles. The van der Waals surface area contributed by atoms with E-state index in [4.69, 9.17) is 0 Å². The second kappa shape index (κ2) is 9.30. The fourth-order valence-electron chi connectivity index (χ4n) is 3.22. The van der Waals surface area contributed by atoms with Crippen LogP contribution in [0.2, 0.25) is 0 Å². The van der Waals surface area contributed by atoms with Crippen molar-refractivity contribution in [2.45, 2.75) is 19.8 Å². The Bertz CT molecular complexity index is 786. The highest BCUT2D eigenvalue weighted by atomic mass is 16.2. The largest absolute Gasteiger partial charge is 0.342 e. The van der Waals surface area contributed by atoms with Gasteiger partial charge in [-0.25, -0.2) is 9.97 Å². The van der Waals surface area contributed by atoms with E-state index < -0.39 is 0 Å². The van der Waals surface area contributed by atoms with Crippen LogP contribution in [0.4, 0.5) is 5.95 Å². The number of anilines is 1. The maximum Gasteiger partial charge on any atom is 0.253 e. The predicted octanol–water partition coefficient (Wildman–Crippen LogP) is 2.31. The first-order valence-corrected chi connectivity index (χ1v) is 9.77. The van der Waals surface area contributed by atoms with Crippen molar-refractivity contribution in [2.24, 2.45) is 0 Å². The normalized spacial score (nSPS) is 14.1. The van der Waals surface area contributed by atoms with Crippen molar-refractivity contribution in [3.05, 3.63) is 53.9 Å². The molecule has 1 aliphatic heterocycles. The van der Waals surface area contributed by atoms with E-state index in [2.05, 4.69) is 21.8 Å². The monoisotopic (exact) mass is 381 g/mol. The van der Waals surface area contributed by atoms with Crippen LogP contribution in [-0.2, 0) is 0 Å². The molecule has 0 spiro atoms. The highest BCUT2D eigenvalue weighted by Crippen LogP contribution is 2.14. The lowest BCUT2D eigenvalue weighted by molar-refractivity contribution is 0.0743. The lowest BCUT2D eigenvalue weighted by atomic mass is 10.1. The molecular formula is C21H27N5O2. The Morgan fingerprint density at radius 2 is 1.61 bits per heavy atom. The number of rotatable bonds is 6. The minimum atomic E-state index is -0.0103. The molecule has 0 bridgehead atoms. The van der Waals surface area contributed by atoms with Crippen LogP contribution in [0.5, 0.6) is 0 Å². The second-order valence-corrected chi connectivity index (χ2v) is 6.99. The summed E-state index contributed by atoms with van der Waals surface area (Å²) in [6, 6.07) is 8.77. The van der Waals surface area contributed by atoms with E-state index >= 15 is 0 Å². The summed E-state index contributed by atoms with van der Waals surface area (Å²) in [5.74, 6) is 0.681. The van der Waals surface area contributed by atoms with Gasteiger partial charge in [-0.2, -0.15) is 0 Å². The summed E-state index contributed by atoms with van der Waals surface area (Å²) in [6.45, 7) is 5.50. The zero-order valence-corrected chi connectivity index (χ0v) is 16.5. The number of aromatic nitrogens is 2. The molecule has 7 heteroatoms. The van der Waals surface area contributed by atoms with Gasteiger partial charge in [0.2, 0.25) is 5.95 Å². The maximum absolute atomic E-state index is 12.8. The quantitative estimate of drug-likeness (QED) is 0.768. The highest BCUT2D eigenvalue weighted by Gasteiger charge is 2.23. The van der Waals surface area contributed by atoms with Gasteiger partial charge in [0.15, 0.2) is 0 Å². The van der Waals surface area contributed by atoms with Crippen molar-refractivity contribution >= 4 is 17.8 Å². The first-order valence-electron chi connectivity index (χ1n) is 9.77. The van der Waals surface area contributed by atoms with E-state index in [-0.39, 0.29) is 11.8 Å². The summed E-state index contributed by atoms with van der Waals surface area (Å²) in [4.78, 5) is 39.4. The van der Waals surface area contributed by atoms with Crippen molar-refractivity contribution in [3.63, 3.8) is 0 Å². The average molecular weight is 381 g/mol. The number of hydrogen-bond acceptors (Lipinski definition) is 5. The zero-order chi connectivity index (χ0) is 19.9. The molecule has 1 aromatic carbocycles. The molecule has 28 heavy (non-hydrogen) atoms. The lowest BCUT2D eigenvalue weighted by Gasteiger charge is -2.34. The molecule has 1 aromatic heterocycles. The maximum atomic E-state index is 12.8. The van der Waals surface area contributed by atoms with Gasteiger partial charge < -0.3 is 14.7 Å². The van der Waals surface area contributed by atoms with Crippen LogP contribution in [0.3, 0.4) is 0 Å². The van der Waals surface area contributed by atoms with E-state index in [9.17, 15) is 9.59 Å². The summed E-state index contributed by atoms with van der Waals surface area (Å²) >= 11 is 0. The van der Waals surface area contributed by atoms with Crippen molar-refractivity contribution in [2.75, 3.05) is 44.7 Å². The van der Waals surface area contributed by atoms with Crippen LogP contribution in [0.15, 0.2) is 42.7 Å². The topological polar surface area (TPSA) is 69.6 Å². The average Bonchev–Trinajstić information content (AvgIpc) is 2.77. The van der Waals surface area contributed by atoms with E-state index in [1.54, 1.807) is 47.6 Å². The molecule has 0 aliphatic carbocycles. The van der Waals surface area contributed by atoms with E-state index in [1.807, 2.05) is 11.9 Å². The molecule has 3 rings (SSSR count). The van der Waals surface area contributed by atoms with Crippen molar-refractivity contribution in [1.29, 1.82) is 0 Å². The third-order valence-electron chi connectivity index (χ3n) is 4.97. The van der Waals surface area contributed by atoms with E-state index in [1.165, 1.54) is 0 Å². The number of amides is 2. The third-order valence-corrected chi connectivity index (χ3v) is 4.97. The molecule has 7 nitrogen and oxygen atoms in total. The summed E-state index contributed by atoms with van der Waals surface area (Å²) in [5.41, 5.74) is 1.22. The number of unbranched alkanes of at least 4 members (excludes halogenated alkanes) is 1. The lowest BCUT2D eigenvalue weighted by Crippen LogP contribution is -2.49. The number of benzene rings is 1. The van der Waals surface area contributed by atoms with E-state index in [0.717, 1.165) is 19.4 Å².